The molecule has 1 unspecified atom stereocenters. The second kappa shape index (κ2) is 6.40. The molecule has 3 rings (SSSR count). The molecule has 1 N–H and O–H groups in total. The first-order valence-corrected chi connectivity index (χ1v) is 7.97. The van der Waals surface area contributed by atoms with Crippen molar-refractivity contribution in [3.05, 3.63) is 65.7 Å². The summed E-state index contributed by atoms with van der Waals surface area (Å²) in [4.78, 5) is 14.5. The number of phenolic OH excluding ortho intramolecular Hbond substituents is 1. The largest absolute Gasteiger partial charge is 0.508 e. The quantitative estimate of drug-likeness (QED) is 0.876. The summed E-state index contributed by atoms with van der Waals surface area (Å²) in [5.74, 6) is 0.545. The summed E-state index contributed by atoms with van der Waals surface area (Å²) in [7, 11) is 0. The molecular formula is C20H21NO3. The van der Waals surface area contributed by atoms with Crippen LogP contribution in [0.5, 0.6) is 11.5 Å². The summed E-state index contributed by atoms with van der Waals surface area (Å²) in [6.07, 6.45) is 1.57. The second-order valence-corrected chi connectivity index (χ2v) is 6.12. The standard InChI is InChI=1S/C20H21NO3/c1-4-9-21-17-8-7-16(22)12-18(17)24-19(20(21)23)11-15-6-5-13(2)14(3)10-15/h4-8,10,12,19,22H,1,9,11H2,2-3H3. The van der Waals surface area contributed by atoms with Crippen molar-refractivity contribution in [1.29, 1.82) is 0 Å². The summed E-state index contributed by atoms with van der Waals surface area (Å²) < 4.78 is 5.89. The third-order valence-electron chi connectivity index (χ3n) is 4.35. The highest BCUT2D eigenvalue weighted by Crippen LogP contribution is 2.37. The molecule has 1 aliphatic rings. The average molecular weight is 323 g/mol. The van der Waals surface area contributed by atoms with Crippen molar-refractivity contribution in [2.75, 3.05) is 11.4 Å². The number of rotatable bonds is 4. The van der Waals surface area contributed by atoms with Gasteiger partial charge in [0.05, 0.1) is 5.69 Å². The van der Waals surface area contributed by atoms with Crippen LogP contribution in [-0.4, -0.2) is 23.7 Å². The lowest BCUT2D eigenvalue weighted by Crippen LogP contribution is -2.47. The van der Waals surface area contributed by atoms with Crippen molar-refractivity contribution < 1.29 is 14.6 Å². The maximum Gasteiger partial charge on any atom is 0.268 e. The molecule has 1 aliphatic heterocycles. The topological polar surface area (TPSA) is 49.8 Å². The molecule has 0 aromatic heterocycles. The van der Waals surface area contributed by atoms with E-state index in [0.29, 0.717) is 24.4 Å². The molecule has 2 aromatic carbocycles. The van der Waals surface area contributed by atoms with Crippen LogP contribution in [0.3, 0.4) is 0 Å². The number of benzene rings is 2. The van der Waals surface area contributed by atoms with Gasteiger partial charge < -0.3 is 14.7 Å². The molecule has 4 heteroatoms. The molecule has 1 atom stereocenters. The SMILES string of the molecule is C=CCN1C(=O)C(Cc2ccc(C)c(C)c2)Oc2cc(O)ccc21. The van der Waals surface area contributed by atoms with E-state index < -0.39 is 6.10 Å². The van der Waals surface area contributed by atoms with Gasteiger partial charge in [-0.15, -0.1) is 6.58 Å². The van der Waals surface area contributed by atoms with Gasteiger partial charge in [-0.2, -0.15) is 0 Å². The van der Waals surface area contributed by atoms with Gasteiger partial charge in [0.2, 0.25) is 0 Å². The van der Waals surface area contributed by atoms with Gasteiger partial charge in [0.1, 0.15) is 11.5 Å². The normalized spacial score (nSPS) is 16.5. The highest BCUT2D eigenvalue weighted by molar-refractivity contribution is 6.00. The molecule has 0 aliphatic carbocycles. The summed E-state index contributed by atoms with van der Waals surface area (Å²) in [6, 6.07) is 11.0. The number of phenols is 1. The van der Waals surface area contributed by atoms with Crippen LogP contribution in [0.1, 0.15) is 16.7 Å². The first kappa shape index (κ1) is 16.1. The molecule has 24 heavy (non-hydrogen) atoms. The first-order chi connectivity index (χ1) is 11.5. The molecule has 4 nitrogen and oxygen atoms in total. The molecule has 2 aromatic rings. The Balaban J connectivity index is 1.92. The van der Waals surface area contributed by atoms with E-state index in [2.05, 4.69) is 32.6 Å². The van der Waals surface area contributed by atoms with E-state index >= 15 is 0 Å². The Hall–Kier alpha value is -2.75. The lowest BCUT2D eigenvalue weighted by atomic mass is 10.0. The molecule has 1 heterocycles. The molecule has 0 bridgehead atoms. The number of aryl methyl sites for hydroxylation is 2. The maximum absolute atomic E-state index is 12.8. The zero-order chi connectivity index (χ0) is 17.3. The smallest absolute Gasteiger partial charge is 0.268 e. The van der Waals surface area contributed by atoms with E-state index in [1.165, 1.54) is 11.1 Å². The summed E-state index contributed by atoms with van der Waals surface area (Å²) >= 11 is 0. The molecule has 0 spiro atoms. The highest BCUT2D eigenvalue weighted by atomic mass is 16.5. The minimum absolute atomic E-state index is 0.0914. The number of nitrogens with zero attached hydrogens (tertiary/aromatic N) is 1. The van der Waals surface area contributed by atoms with Crippen LogP contribution in [0.15, 0.2) is 49.1 Å². The van der Waals surface area contributed by atoms with Gasteiger partial charge in [-0.05, 0) is 42.7 Å². The third kappa shape index (κ3) is 3.00. The number of fused-ring (bicyclic) bond motifs is 1. The van der Waals surface area contributed by atoms with E-state index in [1.807, 2.05) is 6.07 Å². The highest BCUT2D eigenvalue weighted by Gasteiger charge is 2.34. The van der Waals surface area contributed by atoms with Crippen LogP contribution in [0.4, 0.5) is 5.69 Å². The van der Waals surface area contributed by atoms with E-state index in [-0.39, 0.29) is 11.7 Å². The van der Waals surface area contributed by atoms with Crippen molar-refractivity contribution in [2.45, 2.75) is 26.4 Å². The van der Waals surface area contributed by atoms with Crippen LogP contribution in [0.2, 0.25) is 0 Å². The predicted octanol–water partition coefficient (Wildman–Crippen LogP) is 3.53. The fourth-order valence-corrected chi connectivity index (χ4v) is 2.91. The van der Waals surface area contributed by atoms with Gasteiger partial charge in [0, 0.05) is 19.0 Å². The summed E-state index contributed by atoms with van der Waals surface area (Å²) in [6.45, 7) is 8.25. The number of anilines is 1. The lowest BCUT2D eigenvalue weighted by Gasteiger charge is -2.34. The fourth-order valence-electron chi connectivity index (χ4n) is 2.91. The Morgan fingerprint density at radius 2 is 2.00 bits per heavy atom. The number of ether oxygens (including phenoxy) is 1. The molecule has 0 saturated heterocycles. The number of hydrogen-bond donors (Lipinski definition) is 1. The molecule has 1 amide bonds. The van der Waals surface area contributed by atoms with E-state index in [4.69, 9.17) is 4.74 Å². The van der Waals surface area contributed by atoms with Gasteiger partial charge in [-0.25, -0.2) is 0 Å². The summed E-state index contributed by atoms with van der Waals surface area (Å²) in [5, 5.41) is 9.71. The fraction of sp³-hybridized carbons (Fsp3) is 0.250. The van der Waals surface area contributed by atoms with E-state index in [9.17, 15) is 9.90 Å². The molecule has 0 radical (unpaired) electrons. The third-order valence-corrected chi connectivity index (χ3v) is 4.35. The Morgan fingerprint density at radius 1 is 1.21 bits per heavy atom. The van der Waals surface area contributed by atoms with Crippen molar-refractivity contribution >= 4 is 11.6 Å². The predicted molar refractivity (Wildman–Crippen MR) is 94.7 cm³/mol. The van der Waals surface area contributed by atoms with Crippen molar-refractivity contribution in [2.24, 2.45) is 0 Å². The number of aromatic hydroxyl groups is 1. The monoisotopic (exact) mass is 323 g/mol. The maximum atomic E-state index is 12.8. The number of amides is 1. The molecule has 0 fully saturated rings. The number of carbonyl (C=O) groups is 1. The minimum atomic E-state index is -0.610. The Labute approximate surface area is 142 Å². The van der Waals surface area contributed by atoms with Crippen LogP contribution >= 0.6 is 0 Å². The van der Waals surface area contributed by atoms with Gasteiger partial charge in [-0.3, -0.25) is 4.79 Å². The van der Waals surface area contributed by atoms with Crippen molar-refractivity contribution in [3.8, 4) is 11.5 Å². The zero-order valence-electron chi connectivity index (χ0n) is 14.0. The number of carbonyl (C=O) groups excluding carboxylic acids is 1. The van der Waals surface area contributed by atoms with Gasteiger partial charge >= 0.3 is 0 Å². The minimum Gasteiger partial charge on any atom is -0.508 e. The Kier molecular flexibility index (Phi) is 4.30. The Morgan fingerprint density at radius 3 is 2.71 bits per heavy atom. The van der Waals surface area contributed by atoms with Crippen LogP contribution in [0.25, 0.3) is 0 Å². The zero-order valence-corrected chi connectivity index (χ0v) is 14.0. The lowest BCUT2D eigenvalue weighted by molar-refractivity contribution is -0.126. The van der Waals surface area contributed by atoms with Gasteiger partial charge in [0.25, 0.3) is 5.91 Å². The van der Waals surface area contributed by atoms with E-state index in [1.54, 1.807) is 29.2 Å². The van der Waals surface area contributed by atoms with Crippen LogP contribution in [-0.2, 0) is 11.2 Å². The van der Waals surface area contributed by atoms with Crippen LogP contribution in [0, 0.1) is 13.8 Å². The second-order valence-electron chi connectivity index (χ2n) is 6.12. The van der Waals surface area contributed by atoms with Crippen molar-refractivity contribution in [3.63, 3.8) is 0 Å². The van der Waals surface area contributed by atoms with Crippen LogP contribution < -0.4 is 9.64 Å². The average Bonchev–Trinajstić information content (AvgIpc) is 2.55. The molecule has 124 valence electrons. The van der Waals surface area contributed by atoms with Crippen molar-refractivity contribution in [1.82, 2.24) is 0 Å². The Bertz CT molecular complexity index is 797. The number of hydrogen-bond acceptors (Lipinski definition) is 3. The molecule has 0 saturated carbocycles. The van der Waals surface area contributed by atoms with E-state index in [0.717, 1.165) is 5.56 Å². The van der Waals surface area contributed by atoms with Gasteiger partial charge in [0.15, 0.2) is 6.10 Å². The summed E-state index contributed by atoms with van der Waals surface area (Å²) in [5.41, 5.74) is 4.13. The molecular weight excluding hydrogens is 302 g/mol. The first-order valence-electron chi connectivity index (χ1n) is 7.97. The van der Waals surface area contributed by atoms with Gasteiger partial charge in [-0.1, -0.05) is 24.3 Å².